The number of rotatable bonds is 8. The Bertz CT molecular complexity index is 1250. The van der Waals surface area contributed by atoms with E-state index in [1.807, 2.05) is 0 Å². The number of methoxy groups -OCH3 is 1. The summed E-state index contributed by atoms with van der Waals surface area (Å²) in [5, 5.41) is 8.00. The number of carbonyl (C=O) groups excluding carboxylic acids is 4. The van der Waals surface area contributed by atoms with Crippen LogP contribution in [0.4, 0.5) is 17.1 Å². The summed E-state index contributed by atoms with van der Waals surface area (Å²) in [7, 11) is 4.64. The minimum Gasteiger partial charge on any atom is -0.468 e. The van der Waals surface area contributed by atoms with Crippen molar-refractivity contribution in [2.75, 3.05) is 30.0 Å². The molecule has 0 saturated carbocycles. The quantitative estimate of drug-likeness (QED) is 0.344. The highest BCUT2D eigenvalue weighted by Gasteiger charge is 2.16. The van der Waals surface area contributed by atoms with Crippen LogP contribution < -0.4 is 21.7 Å². The van der Waals surface area contributed by atoms with Gasteiger partial charge in [-0.15, -0.1) is 12.4 Å². The number of nitrogen functional groups attached to an aromatic ring is 1. The zero-order valence-electron chi connectivity index (χ0n) is 19.5. The van der Waals surface area contributed by atoms with Crippen molar-refractivity contribution in [1.82, 2.24) is 14.5 Å². The molecule has 0 fully saturated rings. The molecule has 2 heterocycles. The van der Waals surface area contributed by atoms with Gasteiger partial charge in [0.05, 0.1) is 24.9 Å². The Balaban J connectivity index is 0.00000432. The number of carbonyl (C=O) groups is 4. The summed E-state index contributed by atoms with van der Waals surface area (Å²) in [6, 6.07) is 9.93. The van der Waals surface area contributed by atoms with Gasteiger partial charge >= 0.3 is 5.97 Å². The summed E-state index contributed by atoms with van der Waals surface area (Å²) in [6.07, 6.45) is 3.29. The molecule has 3 amide bonds. The summed E-state index contributed by atoms with van der Waals surface area (Å²) in [5.41, 5.74) is 8.51. The molecule has 0 unspecified atom stereocenters. The fourth-order valence-electron chi connectivity index (χ4n) is 3.31. The third-order valence-corrected chi connectivity index (χ3v) is 4.96. The van der Waals surface area contributed by atoms with Crippen molar-refractivity contribution in [2.24, 2.45) is 14.1 Å². The molecule has 3 aromatic rings. The van der Waals surface area contributed by atoms with Crippen LogP contribution in [0, 0.1) is 0 Å². The van der Waals surface area contributed by atoms with Crippen molar-refractivity contribution in [3.63, 3.8) is 0 Å². The van der Waals surface area contributed by atoms with E-state index in [0.717, 1.165) is 0 Å². The molecule has 0 bridgehead atoms. The number of ether oxygens (including phenoxy) is 1. The van der Waals surface area contributed by atoms with Crippen molar-refractivity contribution in [2.45, 2.75) is 6.42 Å². The highest BCUT2D eigenvalue weighted by molar-refractivity contribution is 6.07. The van der Waals surface area contributed by atoms with Gasteiger partial charge in [0, 0.05) is 32.2 Å². The standard InChI is InChI=1S/C23H26N6O5.ClH/c1-28-12-15(24)9-18(28)22(32)27-17-10-19(29(2)13-17)23(33)26-16-6-4-5-14(7-16)8-20(30)25-11-21(31)34-3;/h4-7,9-10,12-13H,8,11,24H2,1-3H3,(H,25,30)(H,26,33)(H,27,32);1H. The van der Waals surface area contributed by atoms with Crippen molar-refractivity contribution < 1.29 is 23.9 Å². The van der Waals surface area contributed by atoms with E-state index < -0.39 is 11.9 Å². The van der Waals surface area contributed by atoms with Crippen molar-refractivity contribution in [3.05, 3.63) is 65.7 Å². The first-order valence-electron chi connectivity index (χ1n) is 10.3. The highest BCUT2D eigenvalue weighted by atomic mass is 35.5. The maximum absolute atomic E-state index is 12.8. The number of hydrogen-bond acceptors (Lipinski definition) is 6. The molecule has 11 nitrogen and oxygen atoms in total. The SMILES string of the molecule is COC(=O)CNC(=O)Cc1cccc(NC(=O)c2cc(NC(=O)c3cc(N)cn3C)cn2C)c1.Cl. The van der Waals surface area contributed by atoms with Crippen molar-refractivity contribution in [3.8, 4) is 0 Å². The van der Waals surface area contributed by atoms with Crippen LogP contribution >= 0.6 is 12.4 Å². The molecule has 2 aromatic heterocycles. The number of amides is 3. The van der Waals surface area contributed by atoms with Crippen LogP contribution in [-0.4, -0.2) is 46.5 Å². The molecule has 3 rings (SSSR count). The Morgan fingerprint density at radius 2 is 1.54 bits per heavy atom. The van der Waals surface area contributed by atoms with Crippen molar-refractivity contribution in [1.29, 1.82) is 0 Å². The summed E-state index contributed by atoms with van der Waals surface area (Å²) >= 11 is 0. The second kappa shape index (κ2) is 11.7. The fourth-order valence-corrected chi connectivity index (χ4v) is 3.31. The third-order valence-electron chi connectivity index (χ3n) is 4.96. The average molecular weight is 503 g/mol. The van der Waals surface area contributed by atoms with Crippen LogP contribution in [0.5, 0.6) is 0 Å². The molecule has 0 aliphatic rings. The van der Waals surface area contributed by atoms with Gasteiger partial charge in [0.2, 0.25) is 5.91 Å². The van der Waals surface area contributed by atoms with Crippen molar-refractivity contribution >= 4 is 53.2 Å². The molecular formula is C23H27ClN6O5. The summed E-state index contributed by atoms with van der Waals surface area (Å²) in [4.78, 5) is 48.4. The predicted octanol–water partition coefficient (Wildman–Crippen LogP) is 1.70. The number of benzene rings is 1. The minimum absolute atomic E-state index is 0. The molecule has 12 heteroatoms. The second-order valence-corrected chi connectivity index (χ2v) is 7.63. The van der Waals surface area contributed by atoms with Crippen LogP contribution in [0.25, 0.3) is 0 Å². The van der Waals surface area contributed by atoms with Gasteiger partial charge in [0.15, 0.2) is 0 Å². The van der Waals surface area contributed by atoms with Crippen LogP contribution in [0.1, 0.15) is 26.5 Å². The Labute approximate surface area is 208 Å². The number of hydrogen-bond donors (Lipinski definition) is 4. The van der Waals surface area contributed by atoms with Gasteiger partial charge in [-0.1, -0.05) is 12.1 Å². The number of anilines is 3. The van der Waals surface area contributed by atoms with E-state index in [0.29, 0.717) is 34.0 Å². The van der Waals surface area contributed by atoms with Gasteiger partial charge in [-0.05, 0) is 29.8 Å². The lowest BCUT2D eigenvalue weighted by atomic mass is 10.1. The van der Waals surface area contributed by atoms with E-state index >= 15 is 0 Å². The summed E-state index contributed by atoms with van der Waals surface area (Å²) in [6.45, 7) is -0.213. The molecule has 186 valence electrons. The first-order valence-corrected chi connectivity index (χ1v) is 10.3. The number of aromatic nitrogens is 2. The monoisotopic (exact) mass is 502 g/mol. The van der Waals surface area contributed by atoms with E-state index in [4.69, 9.17) is 5.73 Å². The van der Waals surface area contributed by atoms with Gasteiger partial charge < -0.3 is 35.6 Å². The first-order chi connectivity index (χ1) is 16.2. The molecule has 0 atom stereocenters. The smallest absolute Gasteiger partial charge is 0.325 e. The summed E-state index contributed by atoms with van der Waals surface area (Å²) in [5.74, 6) is -1.63. The lowest BCUT2D eigenvalue weighted by Crippen LogP contribution is -2.31. The molecule has 5 N–H and O–H groups in total. The number of halogens is 1. The normalized spacial score (nSPS) is 10.1. The molecule has 1 aromatic carbocycles. The number of nitrogens with one attached hydrogen (secondary N) is 3. The molecular weight excluding hydrogens is 476 g/mol. The van der Waals surface area contributed by atoms with E-state index in [2.05, 4.69) is 20.7 Å². The topological polar surface area (TPSA) is 149 Å². The fraction of sp³-hybridized carbons (Fsp3) is 0.217. The van der Waals surface area contributed by atoms with Gasteiger partial charge in [-0.2, -0.15) is 0 Å². The zero-order valence-corrected chi connectivity index (χ0v) is 20.3. The Morgan fingerprint density at radius 1 is 0.914 bits per heavy atom. The van der Waals surface area contributed by atoms with Gasteiger partial charge in [0.25, 0.3) is 11.8 Å². The number of nitrogens with two attached hydrogens (primary N) is 1. The Hall–Kier alpha value is -4.25. The number of esters is 1. The molecule has 35 heavy (non-hydrogen) atoms. The van der Waals surface area contributed by atoms with Crippen LogP contribution in [0.15, 0.2) is 48.8 Å². The average Bonchev–Trinajstić information content (AvgIpc) is 3.32. The van der Waals surface area contributed by atoms with E-state index in [9.17, 15) is 19.2 Å². The van der Waals surface area contributed by atoms with Gasteiger partial charge in [-0.3, -0.25) is 19.2 Å². The second-order valence-electron chi connectivity index (χ2n) is 7.63. The first kappa shape index (κ1) is 27.0. The third kappa shape index (κ3) is 7.11. The number of nitrogens with zero attached hydrogens (tertiary/aromatic N) is 2. The lowest BCUT2D eigenvalue weighted by molar-refractivity contribution is -0.141. The predicted molar refractivity (Wildman–Crippen MR) is 134 cm³/mol. The minimum atomic E-state index is -0.541. The summed E-state index contributed by atoms with van der Waals surface area (Å²) < 4.78 is 7.69. The lowest BCUT2D eigenvalue weighted by Gasteiger charge is -2.08. The molecule has 0 aliphatic heterocycles. The van der Waals surface area contributed by atoms with Crippen LogP contribution in [-0.2, 0) is 34.8 Å². The van der Waals surface area contributed by atoms with Gasteiger partial charge in [-0.25, -0.2) is 0 Å². The molecule has 0 radical (unpaired) electrons. The Kier molecular flexibility index (Phi) is 9.06. The van der Waals surface area contributed by atoms with Crippen LogP contribution in [0.3, 0.4) is 0 Å². The highest BCUT2D eigenvalue weighted by Crippen LogP contribution is 2.18. The largest absolute Gasteiger partial charge is 0.468 e. The maximum Gasteiger partial charge on any atom is 0.325 e. The van der Waals surface area contributed by atoms with E-state index in [1.165, 1.54) is 7.11 Å². The van der Waals surface area contributed by atoms with Crippen LogP contribution in [0.2, 0.25) is 0 Å². The molecule has 0 spiro atoms. The van der Waals surface area contributed by atoms with E-state index in [1.54, 1.807) is 72.0 Å². The zero-order chi connectivity index (χ0) is 24.8. The van der Waals surface area contributed by atoms with Gasteiger partial charge in [0.1, 0.15) is 17.9 Å². The molecule has 0 aliphatic carbocycles. The maximum atomic E-state index is 12.8. The molecule has 0 saturated heterocycles. The van der Waals surface area contributed by atoms with E-state index in [-0.39, 0.29) is 37.2 Å². The Morgan fingerprint density at radius 3 is 2.17 bits per heavy atom. The number of aryl methyl sites for hydroxylation is 2.